The van der Waals surface area contributed by atoms with E-state index in [0.717, 1.165) is 103 Å². The van der Waals surface area contributed by atoms with Crippen LogP contribution in [0.3, 0.4) is 0 Å². The largest absolute Gasteiger partial charge is 0.462 e. The molecule has 0 rings (SSSR count). The molecule has 0 aromatic rings. The van der Waals surface area contributed by atoms with E-state index in [2.05, 4.69) is 106 Å². The lowest BCUT2D eigenvalue weighted by atomic mass is 10.0. The van der Waals surface area contributed by atoms with Crippen LogP contribution in [0.2, 0.25) is 0 Å². The van der Waals surface area contributed by atoms with Gasteiger partial charge in [0.15, 0.2) is 6.10 Å². The highest BCUT2D eigenvalue weighted by Crippen LogP contribution is 2.15. The number of hydrogen-bond acceptors (Lipinski definition) is 6. The molecule has 0 heterocycles. The van der Waals surface area contributed by atoms with Crippen molar-refractivity contribution >= 4 is 17.9 Å². The number of unbranched alkanes of at least 4 members (excludes halogenated alkanes) is 23. The van der Waals surface area contributed by atoms with Crippen molar-refractivity contribution in [3.63, 3.8) is 0 Å². The summed E-state index contributed by atoms with van der Waals surface area (Å²) < 4.78 is 16.8. The Balaban J connectivity index is 4.49. The van der Waals surface area contributed by atoms with Gasteiger partial charge in [0.05, 0.1) is 0 Å². The second kappa shape index (κ2) is 53.2. The Morgan fingerprint density at radius 1 is 0.323 bits per heavy atom. The van der Waals surface area contributed by atoms with Crippen LogP contribution in [-0.4, -0.2) is 37.2 Å². The van der Waals surface area contributed by atoms with Gasteiger partial charge in [-0.1, -0.05) is 228 Å². The molecule has 1 atom stereocenters. The van der Waals surface area contributed by atoms with Crippen LogP contribution in [0.15, 0.2) is 85.1 Å². The van der Waals surface area contributed by atoms with Gasteiger partial charge in [0.25, 0.3) is 0 Å². The van der Waals surface area contributed by atoms with E-state index in [9.17, 15) is 14.4 Å². The molecule has 0 unspecified atom stereocenters. The van der Waals surface area contributed by atoms with Gasteiger partial charge in [0.1, 0.15) is 13.2 Å². The summed E-state index contributed by atoms with van der Waals surface area (Å²) in [6.45, 7) is 6.45. The summed E-state index contributed by atoms with van der Waals surface area (Å²) in [5.74, 6) is -0.970. The fourth-order valence-electron chi connectivity index (χ4n) is 7.33. The third-order valence-corrected chi connectivity index (χ3v) is 11.4. The first-order valence-corrected chi connectivity index (χ1v) is 27.1. The van der Waals surface area contributed by atoms with Gasteiger partial charge in [-0.3, -0.25) is 14.4 Å². The molecule has 0 N–H and O–H groups in total. The Morgan fingerprint density at radius 3 is 1.03 bits per heavy atom. The number of rotatable bonds is 48. The number of allylic oxidation sites excluding steroid dienone is 14. The average molecular weight is 905 g/mol. The highest BCUT2D eigenvalue weighted by atomic mass is 16.6. The lowest BCUT2D eigenvalue weighted by Crippen LogP contribution is -2.30. The zero-order valence-electron chi connectivity index (χ0n) is 42.5. The molecular weight excluding hydrogens is 805 g/mol. The van der Waals surface area contributed by atoms with Crippen molar-refractivity contribution in [3.8, 4) is 0 Å². The fraction of sp³-hybridized carbons (Fsp3) is 0.712. The number of carbonyl (C=O) groups excluding carboxylic acids is 3. The van der Waals surface area contributed by atoms with Crippen LogP contribution in [0, 0.1) is 0 Å². The summed E-state index contributed by atoms with van der Waals surface area (Å²) in [4.78, 5) is 38.0. The second-order valence-corrected chi connectivity index (χ2v) is 17.8. The Kier molecular flexibility index (Phi) is 50.4. The van der Waals surface area contributed by atoms with E-state index in [1.165, 1.54) is 103 Å². The van der Waals surface area contributed by atoms with Crippen LogP contribution in [0.5, 0.6) is 0 Å². The Hall–Kier alpha value is -3.41. The molecule has 0 spiro atoms. The molecule has 6 nitrogen and oxygen atoms in total. The summed E-state index contributed by atoms with van der Waals surface area (Å²) in [6.07, 6.45) is 68.5. The minimum Gasteiger partial charge on any atom is -0.462 e. The topological polar surface area (TPSA) is 78.9 Å². The molecule has 0 saturated carbocycles. The first-order valence-electron chi connectivity index (χ1n) is 27.1. The summed E-state index contributed by atoms with van der Waals surface area (Å²) in [7, 11) is 0. The minimum atomic E-state index is -0.805. The lowest BCUT2D eigenvalue weighted by Gasteiger charge is -2.18. The van der Waals surface area contributed by atoms with E-state index >= 15 is 0 Å². The van der Waals surface area contributed by atoms with Crippen molar-refractivity contribution in [2.45, 2.75) is 258 Å². The van der Waals surface area contributed by atoms with Crippen molar-refractivity contribution in [2.24, 2.45) is 0 Å². The lowest BCUT2D eigenvalue weighted by molar-refractivity contribution is -0.167. The van der Waals surface area contributed by atoms with E-state index in [1.54, 1.807) is 0 Å². The van der Waals surface area contributed by atoms with E-state index in [-0.39, 0.29) is 37.5 Å². The fourth-order valence-corrected chi connectivity index (χ4v) is 7.33. The van der Waals surface area contributed by atoms with Gasteiger partial charge < -0.3 is 14.2 Å². The van der Waals surface area contributed by atoms with Crippen molar-refractivity contribution in [1.29, 1.82) is 0 Å². The number of esters is 3. The van der Waals surface area contributed by atoms with E-state index < -0.39 is 6.10 Å². The monoisotopic (exact) mass is 905 g/mol. The molecule has 0 aliphatic heterocycles. The summed E-state index contributed by atoms with van der Waals surface area (Å²) in [5.41, 5.74) is 0. The predicted octanol–water partition coefficient (Wildman–Crippen LogP) is 18.0. The Labute approximate surface area is 401 Å². The van der Waals surface area contributed by atoms with Gasteiger partial charge >= 0.3 is 17.9 Å². The van der Waals surface area contributed by atoms with Crippen LogP contribution >= 0.6 is 0 Å². The van der Waals surface area contributed by atoms with Crippen LogP contribution in [0.4, 0.5) is 0 Å². The van der Waals surface area contributed by atoms with Crippen molar-refractivity contribution in [1.82, 2.24) is 0 Å². The van der Waals surface area contributed by atoms with Crippen LogP contribution in [-0.2, 0) is 28.6 Å². The molecule has 0 saturated heterocycles. The molecule has 65 heavy (non-hydrogen) atoms. The predicted molar refractivity (Wildman–Crippen MR) is 279 cm³/mol. The first-order chi connectivity index (χ1) is 32.0. The van der Waals surface area contributed by atoms with Gasteiger partial charge in [-0.2, -0.15) is 0 Å². The molecule has 372 valence electrons. The standard InChI is InChI=1S/C59H100O6/c1-4-7-10-13-16-19-22-25-28-29-32-34-37-40-43-46-49-52-58(61)64-55-56(65-59(62)53-50-47-44-41-38-35-31-27-24-21-18-15-12-9-6-3)54-63-57(60)51-48-45-42-39-36-33-30-26-23-20-17-14-11-8-5-2/h7,10,16,18-19,21,25,27-28,31-32,34,40,43,56H,4-6,8-9,11-15,17,20,22-24,26,29-30,33,35-39,41-42,44-55H2,1-3H3/b10-7+,19-16+,21-18+,28-25+,31-27+,34-32+,43-40+/t56-/m1/s1. The molecule has 0 aromatic heterocycles. The quantitative estimate of drug-likeness (QED) is 0.0262. The third-order valence-electron chi connectivity index (χ3n) is 11.4. The van der Waals surface area contributed by atoms with Gasteiger partial charge in [-0.25, -0.2) is 0 Å². The molecule has 0 aromatic carbocycles. The molecule has 0 aliphatic rings. The molecule has 0 amide bonds. The summed E-state index contributed by atoms with van der Waals surface area (Å²) >= 11 is 0. The Bertz CT molecular complexity index is 1270. The van der Waals surface area contributed by atoms with Crippen molar-refractivity contribution < 1.29 is 28.6 Å². The SMILES string of the molecule is CC/C=C/C/C=C/C/C=C/C/C=C/C/C=C/CCCC(=O)OC[C@@H](COC(=O)CCCCCCCCCCCCCCCCC)OC(=O)CCCCCCC/C=C/C/C=C/CCCCC. The van der Waals surface area contributed by atoms with E-state index in [4.69, 9.17) is 14.2 Å². The highest BCUT2D eigenvalue weighted by Gasteiger charge is 2.19. The van der Waals surface area contributed by atoms with Gasteiger partial charge in [0.2, 0.25) is 0 Å². The molecule has 0 bridgehead atoms. The Morgan fingerprint density at radius 2 is 0.615 bits per heavy atom. The summed E-state index contributed by atoms with van der Waals surface area (Å²) in [5, 5.41) is 0. The maximum absolute atomic E-state index is 12.8. The third kappa shape index (κ3) is 51.4. The minimum absolute atomic E-state index is 0.0984. The van der Waals surface area contributed by atoms with Gasteiger partial charge in [-0.15, -0.1) is 0 Å². The van der Waals surface area contributed by atoms with Crippen molar-refractivity contribution in [2.75, 3.05) is 13.2 Å². The van der Waals surface area contributed by atoms with Crippen LogP contribution < -0.4 is 0 Å². The van der Waals surface area contributed by atoms with Gasteiger partial charge in [0, 0.05) is 19.3 Å². The molecular formula is C59H100O6. The normalized spacial score (nSPS) is 12.7. The zero-order valence-corrected chi connectivity index (χ0v) is 42.5. The smallest absolute Gasteiger partial charge is 0.306 e. The second-order valence-electron chi connectivity index (χ2n) is 17.8. The van der Waals surface area contributed by atoms with Gasteiger partial charge in [-0.05, 0) is 89.9 Å². The first kappa shape index (κ1) is 61.6. The van der Waals surface area contributed by atoms with E-state index in [1.807, 2.05) is 0 Å². The number of ether oxygens (including phenoxy) is 3. The highest BCUT2D eigenvalue weighted by molar-refractivity contribution is 5.71. The van der Waals surface area contributed by atoms with Crippen LogP contribution in [0.25, 0.3) is 0 Å². The van der Waals surface area contributed by atoms with Crippen molar-refractivity contribution in [3.05, 3.63) is 85.1 Å². The maximum Gasteiger partial charge on any atom is 0.306 e. The molecule has 0 aliphatic carbocycles. The molecule has 0 fully saturated rings. The number of hydrogen-bond donors (Lipinski definition) is 0. The zero-order chi connectivity index (χ0) is 47.2. The molecule has 6 heteroatoms. The molecule has 0 radical (unpaired) electrons. The van der Waals surface area contributed by atoms with Crippen LogP contribution in [0.1, 0.15) is 252 Å². The summed E-state index contributed by atoms with van der Waals surface area (Å²) in [6, 6.07) is 0. The average Bonchev–Trinajstić information content (AvgIpc) is 3.30. The maximum atomic E-state index is 12.8. The van der Waals surface area contributed by atoms with E-state index in [0.29, 0.717) is 19.3 Å². The number of carbonyl (C=O) groups is 3.